The summed E-state index contributed by atoms with van der Waals surface area (Å²) in [5.74, 6) is 0. The van der Waals surface area contributed by atoms with Crippen LogP contribution in [0.1, 0.15) is 19.3 Å². The molecule has 0 saturated heterocycles. The number of hydrogen-bond donors (Lipinski definition) is 1. The Morgan fingerprint density at radius 1 is 0.714 bits per heavy atom. The molecule has 2 aromatic carbocycles. The highest BCUT2D eigenvalue weighted by atomic mass is 35.5. The number of halogens is 1. The third-order valence-corrected chi connectivity index (χ3v) is 2.48. The number of para-hydroxylation sites is 2. The van der Waals surface area contributed by atoms with Crippen molar-refractivity contribution in [1.82, 2.24) is 0 Å². The van der Waals surface area contributed by atoms with E-state index >= 15 is 0 Å². The topological polar surface area (TPSA) is 46.2 Å². The highest BCUT2D eigenvalue weighted by Crippen LogP contribution is 2.14. The summed E-state index contributed by atoms with van der Waals surface area (Å²) in [4.78, 5) is 19.1. The van der Waals surface area contributed by atoms with Gasteiger partial charge in [-0.25, -0.2) is 0 Å². The Balaban J connectivity index is 0.000000436. The minimum absolute atomic E-state index is 0. The Morgan fingerprint density at radius 3 is 1.43 bits per heavy atom. The number of unbranched alkanes of at least 4 members (excludes halogenated alkanes) is 2. The lowest BCUT2D eigenvalue weighted by atomic mass is 10.3. The van der Waals surface area contributed by atoms with Crippen LogP contribution in [0.4, 0.5) is 11.4 Å². The van der Waals surface area contributed by atoms with Crippen molar-refractivity contribution in [1.29, 1.82) is 0 Å². The van der Waals surface area contributed by atoms with Gasteiger partial charge in [0.25, 0.3) is 0 Å². The van der Waals surface area contributed by atoms with Crippen molar-refractivity contribution in [3.8, 4) is 0 Å². The van der Waals surface area contributed by atoms with Gasteiger partial charge in [-0.1, -0.05) is 36.4 Å². The van der Waals surface area contributed by atoms with E-state index in [0.717, 1.165) is 23.9 Å². The minimum Gasteiger partial charge on any atom is -0.356 e. The summed E-state index contributed by atoms with van der Waals surface area (Å²) < 4.78 is 0. The molecule has 0 aromatic heterocycles. The number of anilines is 2. The molecule has 0 radical (unpaired) electrons. The molecule has 0 aliphatic heterocycles. The van der Waals surface area contributed by atoms with Crippen LogP contribution >= 0.6 is 12.4 Å². The van der Waals surface area contributed by atoms with E-state index in [1.54, 1.807) is 0 Å². The first-order valence-electron chi connectivity index (χ1n) is 6.61. The summed E-state index contributed by atoms with van der Waals surface area (Å²) in [6.07, 6.45) is 3.37. The van der Waals surface area contributed by atoms with Gasteiger partial charge >= 0.3 is 0 Å². The monoisotopic (exact) mass is 305 g/mol. The Labute approximate surface area is 131 Å². The van der Waals surface area contributed by atoms with Crippen molar-refractivity contribution in [2.75, 3.05) is 5.32 Å². The fraction of sp³-hybridized carbons (Fsp3) is 0.176. The lowest BCUT2D eigenvalue weighted by Crippen LogP contribution is -1.87. The number of carbonyl (C=O) groups is 2. The number of carbonyl (C=O) groups excluding carboxylic acids is 2. The number of rotatable bonds is 6. The molecular weight excluding hydrogens is 286 g/mol. The van der Waals surface area contributed by atoms with Crippen molar-refractivity contribution in [3.05, 3.63) is 60.7 Å². The van der Waals surface area contributed by atoms with E-state index < -0.39 is 0 Å². The van der Waals surface area contributed by atoms with Gasteiger partial charge in [0.1, 0.15) is 12.6 Å². The van der Waals surface area contributed by atoms with Crippen molar-refractivity contribution < 1.29 is 9.59 Å². The third kappa shape index (κ3) is 9.41. The van der Waals surface area contributed by atoms with Crippen LogP contribution in [-0.4, -0.2) is 12.6 Å². The molecule has 1 N–H and O–H groups in total. The Hall–Kier alpha value is -2.13. The first-order valence-corrected chi connectivity index (χ1v) is 6.61. The van der Waals surface area contributed by atoms with Crippen molar-refractivity contribution in [2.24, 2.45) is 0 Å². The van der Waals surface area contributed by atoms with Crippen LogP contribution in [0.3, 0.4) is 0 Å². The van der Waals surface area contributed by atoms with Gasteiger partial charge in [0.05, 0.1) is 0 Å². The van der Waals surface area contributed by atoms with Gasteiger partial charge in [0, 0.05) is 24.2 Å². The zero-order valence-electron chi connectivity index (χ0n) is 11.8. The van der Waals surface area contributed by atoms with Gasteiger partial charge in [0.15, 0.2) is 0 Å². The molecule has 0 atom stereocenters. The van der Waals surface area contributed by atoms with Crippen LogP contribution in [0.2, 0.25) is 0 Å². The zero-order valence-corrected chi connectivity index (χ0v) is 12.6. The lowest BCUT2D eigenvalue weighted by molar-refractivity contribution is -0.108. The average molecular weight is 306 g/mol. The van der Waals surface area contributed by atoms with Gasteiger partial charge in [-0.3, -0.25) is 0 Å². The van der Waals surface area contributed by atoms with E-state index in [1.165, 1.54) is 0 Å². The summed E-state index contributed by atoms with van der Waals surface area (Å²) in [6, 6.07) is 20.3. The molecule has 112 valence electrons. The van der Waals surface area contributed by atoms with Gasteiger partial charge in [-0.05, 0) is 30.7 Å². The fourth-order valence-electron chi connectivity index (χ4n) is 1.49. The predicted octanol–water partition coefficient (Wildman–Crippen LogP) is 4.41. The molecule has 3 nitrogen and oxygen atoms in total. The number of benzene rings is 2. The van der Waals surface area contributed by atoms with E-state index in [-0.39, 0.29) is 12.4 Å². The third-order valence-electron chi connectivity index (χ3n) is 2.48. The first-order chi connectivity index (χ1) is 9.86. The predicted molar refractivity (Wildman–Crippen MR) is 89.4 cm³/mol. The molecule has 0 saturated carbocycles. The second-order valence-corrected chi connectivity index (χ2v) is 4.12. The Bertz CT molecular complexity index is 443. The molecular formula is C17H20ClNO2. The summed E-state index contributed by atoms with van der Waals surface area (Å²) in [6.45, 7) is 0. The van der Waals surface area contributed by atoms with Crippen LogP contribution in [0.25, 0.3) is 0 Å². The maximum Gasteiger partial charge on any atom is 0.120 e. The molecule has 2 rings (SSSR count). The van der Waals surface area contributed by atoms with Crippen molar-refractivity contribution >= 4 is 36.4 Å². The minimum atomic E-state index is 0. The quantitative estimate of drug-likeness (QED) is 0.635. The lowest BCUT2D eigenvalue weighted by Gasteiger charge is -2.04. The molecule has 0 fully saturated rings. The van der Waals surface area contributed by atoms with Gasteiger partial charge in [-0.15, -0.1) is 12.4 Å². The molecule has 0 amide bonds. The summed E-state index contributed by atoms with van der Waals surface area (Å²) in [5, 5.41) is 3.30. The maximum absolute atomic E-state index is 9.56. The Kier molecular flexibility index (Phi) is 11.6. The molecule has 0 aliphatic carbocycles. The maximum atomic E-state index is 9.56. The van der Waals surface area contributed by atoms with E-state index in [2.05, 4.69) is 5.32 Å². The second kappa shape index (κ2) is 12.9. The summed E-state index contributed by atoms with van der Waals surface area (Å²) >= 11 is 0. The highest BCUT2D eigenvalue weighted by Gasteiger charge is 1.89. The number of aldehydes is 2. The summed E-state index contributed by atoms with van der Waals surface area (Å²) in [7, 11) is 0. The standard InChI is InChI=1S/C12H11N.C5H8O2.ClH/c1-3-7-11(8-4-1)13-12-9-5-2-6-10-12;6-4-2-1-3-5-7;/h1-10,13H;4-5H,1-3H2;1H. The SMILES string of the molecule is Cl.O=CCCCC=O.c1ccc(Nc2ccccc2)cc1. The zero-order chi connectivity index (χ0) is 14.5. The molecule has 0 heterocycles. The molecule has 4 heteroatoms. The van der Waals surface area contributed by atoms with Crippen molar-refractivity contribution in [2.45, 2.75) is 19.3 Å². The van der Waals surface area contributed by atoms with E-state index in [9.17, 15) is 9.59 Å². The van der Waals surface area contributed by atoms with Gasteiger partial charge < -0.3 is 14.9 Å². The number of nitrogens with one attached hydrogen (secondary N) is 1. The fourth-order valence-corrected chi connectivity index (χ4v) is 1.49. The largest absolute Gasteiger partial charge is 0.356 e. The highest BCUT2D eigenvalue weighted by molar-refractivity contribution is 5.85. The second-order valence-electron chi connectivity index (χ2n) is 4.12. The van der Waals surface area contributed by atoms with Crippen LogP contribution in [0.15, 0.2) is 60.7 Å². The molecule has 0 bridgehead atoms. The molecule has 0 unspecified atom stereocenters. The summed E-state index contributed by atoms with van der Waals surface area (Å²) in [5.41, 5.74) is 2.24. The number of hydrogen-bond acceptors (Lipinski definition) is 3. The van der Waals surface area contributed by atoms with Crippen LogP contribution in [0, 0.1) is 0 Å². The van der Waals surface area contributed by atoms with Crippen LogP contribution in [0.5, 0.6) is 0 Å². The van der Waals surface area contributed by atoms with E-state index in [4.69, 9.17) is 0 Å². The van der Waals surface area contributed by atoms with Crippen molar-refractivity contribution in [3.63, 3.8) is 0 Å². The van der Waals surface area contributed by atoms with Gasteiger partial charge in [0.2, 0.25) is 0 Å². The first kappa shape index (κ1) is 18.9. The molecule has 0 aliphatic rings. The smallest absolute Gasteiger partial charge is 0.120 e. The van der Waals surface area contributed by atoms with Crippen LogP contribution < -0.4 is 5.32 Å². The normalized spacial score (nSPS) is 8.57. The molecule has 2 aromatic rings. The average Bonchev–Trinajstić information content (AvgIpc) is 2.51. The Morgan fingerprint density at radius 2 is 1.10 bits per heavy atom. The molecule has 21 heavy (non-hydrogen) atoms. The molecule has 0 spiro atoms. The van der Waals surface area contributed by atoms with Gasteiger partial charge in [-0.2, -0.15) is 0 Å². The van der Waals surface area contributed by atoms with Crippen LogP contribution in [-0.2, 0) is 9.59 Å². The van der Waals surface area contributed by atoms with E-state index in [0.29, 0.717) is 19.3 Å². The van der Waals surface area contributed by atoms with E-state index in [1.807, 2.05) is 60.7 Å².